The summed E-state index contributed by atoms with van der Waals surface area (Å²) in [4.78, 5) is 27.0. The van der Waals surface area contributed by atoms with Crippen LogP contribution in [0.25, 0.3) is 10.9 Å². The predicted octanol–water partition coefficient (Wildman–Crippen LogP) is 3.16. The largest absolute Gasteiger partial charge is 0.480 e. The summed E-state index contributed by atoms with van der Waals surface area (Å²) in [6, 6.07) is 5.29. The minimum absolute atomic E-state index is 0. The van der Waals surface area contributed by atoms with Crippen molar-refractivity contribution < 1.29 is 23.1 Å². The Labute approximate surface area is 171 Å². The number of carboxylic acid groups (broad SMARTS) is 1. The molecule has 1 heterocycles. The van der Waals surface area contributed by atoms with Crippen LogP contribution in [0.5, 0.6) is 0 Å². The van der Waals surface area contributed by atoms with Gasteiger partial charge in [-0.25, -0.2) is 13.2 Å². The van der Waals surface area contributed by atoms with Crippen molar-refractivity contribution in [3.05, 3.63) is 36.0 Å². The van der Waals surface area contributed by atoms with Crippen molar-refractivity contribution in [3.8, 4) is 0 Å². The number of carbonyl (C=O) groups is 2. The van der Waals surface area contributed by atoms with Crippen molar-refractivity contribution in [1.82, 2.24) is 10.3 Å². The van der Waals surface area contributed by atoms with Crippen molar-refractivity contribution >= 4 is 45.0 Å². The molecule has 0 spiro atoms. The second-order valence-corrected chi connectivity index (χ2v) is 9.00. The lowest BCUT2D eigenvalue weighted by Crippen LogP contribution is -2.47. The van der Waals surface area contributed by atoms with Gasteiger partial charge >= 0.3 is 5.97 Å². The van der Waals surface area contributed by atoms with Crippen molar-refractivity contribution in [2.24, 2.45) is 0 Å². The quantitative estimate of drug-likeness (QED) is 0.535. The summed E-state index contributed by atoms with van der Waals surface area (Å²) < 4.78 is 25.3. The molecule has 2 rings (SSSR count). The number of carbonyl (C=O) groups excluding carboxylic acids is 1. The van der Waals surface area contributed by atoms with Gasteiger partial charge in [0.2, 0.25) is 0 Å². The first-order valence-electron chi connectivity index (χ1n) is 9.10. The van der Waals surface area contributed by atoms with E-state index in [0.717, 1.165) is 10.9 Å². The molecular weight excluding hydrogens is 404 g/mol. The number of fused-ring (bicyclic) bond motifs is 1. The van der Waals surface area contributed by atoms with Gasteiger partial charge in [0, 0.05) is 17.3 Å². The minimum atomic E-state index is -3.65. The SMILES string of the molecule is CCCC(CCC)S(=O)(=O)CC(NC(=O)c1ccc2cc[nH]c2c1)C(=O)O.Cl. The van der Waals surface area contributed by atoms with Crippen LogP contribution in [0, 0.1) is 0 Å². The molecule has 0 saturated heterocycles. The van der Waals surface area contributed by atoms with E-state index in [1.54, 1.807) is 24.4 Å². The molecule has 3 N–H and O–H groups in total. The topological polar surface area (TPSA) is 116 Å². The number of sulfone groups is 1. The Morgan fingerprint density at radius 1 is 1.14 bits per heavy atom. The molecule has 7 nitrogen and oxygen atoms in total. The van der Waals surface area contributed by atoms with Gasteiger partial charge in [0.25, 0.3) is 5.91 Å². The predicted molar refractivity (Wildman–Crippen MR) is 112 cm³/mol. The van der Waals surface area contributed by atoms with E-state index in [1.807, 2.05) is 19.9 Å². The summed E-state index contributed by atoms with van der Waals surface area (Å²) in [5, 5.41) is 12.1. The number of nitrogens with one attached hydrogen (secondary N) is 2. The van der Waals surface area contributed by atoms with Crippen molar-refractivity contribution in [3.63, 3.8) is 0 Å². The lowest BCUT2D eigenvalue weighted by Gasteiger charge is -2.20. The fourth-order valence-electron chi connectivity index (χ4n) is 3.12. The highest BCUT2D eigenvalue weighted by Gasteiger charge is 2.32. The maximum absolute atomic E-state index is 12.7. The van der Waals surface area contributed by atoms with Gasteiger partial charge in [-0.1, -0.05) is 32.8 Å². The summed E-state index contributed by atoms with van der Waals surface area (Å²) in [5.41, 5.74) is 1.01. The molecule has 0 fully saturated rings. The third-order valence-corrected chi connectivity index (χ3v) is 6.83. The molecule has 0 radical (unpaired) electrons. The number of rotatable bonds is 10. The lowest BCUT2D eigenvalue weighted by molar-refractivity contribution is -0.138. The normalized spacial score (nSPS) is 12.5. The zero-order valence-electron chi connectivity index (χ0n) is 16.0. The molecule has 0 aliphatic rings. The van der Waals surface area contributed by atoms with Crippen LogP contribution in [0.3, 0.4) is 0 Å². The van der Waals surface area contributed by atoms with Gasteiger partial charge in [0.15, 0.2) is 9.84 Å². The second-order valence-electron chi connectivity index (χ2n) is 6.67. The Kier molecular flexibility index (Phi) is 8.97. The lowest BCUT2D eigenvalue weighted by atomic mass is 10.1. The minimum Gasteiger partial charge on any atom is -0.480 e. The molecule has 1 aromatic carbocycles. The maximum atomic E-state index is 12.7. The Hall–Kier alpha value is -2.06. The van der Waals surface area contributed by atoms with E-state index in [4.69, 9.17) is 0 Å². The monoisotopic (exact) mass is 430 g/mol. The van der Waals surface area contributed by atoms with E-state index in [-0.39, 0.29) is 18.0 Å². The van der Waals surface area contributed by atoms with E-state index in [2.05, 4.69) is 10.3 Å². The smallest absolute Gasteiger partial charge is 0.327 e. The fourth-order valence-corrected chi connectivity index (χ4v) is 5.27. The van der Waals surface area contributed by atoms with E-state index < -0.39 is 38.8 Å². The summed E-state index contributed by atoms with van der Waals surface area (Å²) in [6.07, 6.45) is 4.11. The molecule has 156 valence electrons. The molecule has 1 aromatic heterocycles. The molecule has 1 atom stereocenters. The summed E-state index contributed by atoms with van der Waals surface area (Å²) >= 11 is 0. The van der Waals surface area contributed by atoms with E-state index in [0.29, 0.717) is 25.7 Å². The van der Waals surface area contributed by atoms with Crippen LogP contribution in [0.1, 0.15) is 49.9 Å². The highest BCUT2D eigenvalue weighted by molar-refractivity contribution is 7.92. The van der Waals surface area contributed by atoms with Crippen LogP contribution in [-0.4, -0.2) is 47.4 Å². The number of amides is 1. The molecule has 9 heteroatoms. The molecule has 2 aromatic rings. The Morgan fingerprint density at radius 3 is 2.36 bits per heavy atom. The zero-order valence-corrected chi connectivity index (χ0v) is 17.6. The number of carboxylic acids is 1. The van der Waals surface area contributed by atoms with Gasteiger partial charge in [-0.3, -0.25) is 4.79 Å². The number of hydrogen-bond donors (Lipinski definition) is 3. The van der Waals surface area contributed by atoms with Crippen molar-refractivity contribution in [2.45, 2.75) is 50.8 Å². The molecule has 0 saturated carbocycles. The molecule has 0 aliphatic carbocycles. The first-order chi connectivity index (χ1) is 12.8. The van der Waals surface area contributed by atoms with Gasteiger partial charge in [-0.05, 0) is 36.4 Å². The Bertz CT molecular complexity index is 904. The first kappa shape index (κ1) is 24.0. The first-order valence-corrected chi connectivity index (χ1v) is 10.8. The number of benzene rings is 1. The van der Waals surface area contributed by atoms with Crippen molar-refractivity contribution in [2.75, 3.05) is 5.75 Å². The number of aliphatic carboxylic acids is 1. The molecule has 1 unspecified atom stereocenters. The van der Waals surface area contributed by atoms with E-state index in [1.165, 1.54) is 0 Å². The highest BCUT2D eigenvalue weighted by atomic mass is 35.5. The Morgan fingerprint density at radius 2 is 1.79 bits per heavy atom. The average Bonchev–Trinajstić information content (AvgIpc) is 3.08. The highest BCUT2D eigenvalue weighted by Crippen LogP contribution is 2.18. The maximum Gasteiger partial charge on any atom is 0.327 e. The number of hydrogen-bond acceptors (Lipinski definition) is 4. The van der Waals surface area contributed by atoms with Gasteiger partial charge < -0.3 is 15.4 Å². The number of H-pyrrole nitrogens is 1. The van der Waals surface area contributed by atoms with E-state index >= 15 is 0 Å². The molecular formula is C19H27ClN2O5S. The Balaban J connectivity index is 0.00000392. The molecule has 0 bridgehead atoms. The van der Waals surface area contributed by atoms with Crippen LogP contribution in [0.15, 0.2) is 30.5 Å². The van der Waals surface area contributed by atoms with Crippen LogP contribution < -0.4 is 5.32 Å². The number of halogens is 1. The zero-order chi connectivity index (χ0) is 20.0. The van der Waals surface area contributed by atoms with Gasteiger partial charge in [0.1, 0.15) is 6.04 Å². The average molecular weight is 431 g/mol. The van der Waals surface area contributed by atoms with E-state index in [9.17, 15) is 23.1 Å². The number of aromatic nitrogens is 1. The van der Waals surface area contributed by atoms with Gasteiger partial charge in [-0.15, -0.1) is 12.4 Å². The van der Waals surface area contributed by atoms with Crippen molar-refractivity contribution in [1.29, 1.82) is 0 Å². The third-order valence-electron chi connectivity index (χ3n) is 4.55. The van der Waals surface area contributed by atoms with Crippen LogP contribution in [0.4, 0.5) is 0 Å². The summed E-state index contributed by atoms with van der Waals surface area (Å²) in [5.74, 6) is -2.58. The molecule has 0 aliphatic heterocycles. The summed E-state index contributed by atoms with van der Waals surface area (Å²) in [6.45, 7) is 3.79. The summed E-state index contributed by atoms with van der Waals surface area (Å²) in [7, 11) is -3.65. The van der Waals surface area contributed by atoms with Crippen LogP contribution in [0.2, 0.25) is 0 Å². The van der Waals surface area contributed by atoms with Crippen LogP contribution in [-0.2, 0) is 14.6 Å². The van der Waals surface area contributed by atoms with Crippen LogP contribution >= 0.6 is 12.4 Å². The fraction of sp³-hybridized carbons (Fsp3) is 0.474. The van der Waals surface area contributed by atoms with Gasteiger partial charge in [0.05, 0.1) is 11.0 Å². The molecule has 1 amide bonds. The third kappa shape index (κ3) is 5.97. The second kappa shape index (κ2) is 10.5. The number of aromatic amines is 1. The van der Waals surface area contributed by atoms with Gasteiger partial charge in [-0.2, -0.15) is 0 Å². The standard InChI is InChI=1S/C19H26N2O5S.ClH/c1-3-5-15(6-4-2)27(25,26)12-17(19(23)24)21-18(22)14-8-7-13-9-10-20-16(13)11-14;/h7-11,15,17,20H,3-6,12H2,1-2H3,(H,21,22)(H,23,24);1H. The molecule has 28 heavy (non-hydrogen) atoms.